The number of hydrogen-bond donors (Lipinski definition) is 0. The standard InChI is InChI=1S/C29H42N4O3S/c1-22(2)32-18-16-31(37(5,35)36)21-29(32)27-13-11-25(12-14-27)19-23(3)33-17-15-30(24(4)34)20-28(33)26-9-7-6-8-10-26/h6-14,22-23,28-29H,15-21H2,1-5H3. The quantitative estimate of drug-likeness (QED) is 0.552. The van der Waals surface area contributed by atoms with Crippen molar-refractivity contribution in [1.29, 1.82) is 0 Å². The van der Waals surface area contributed by atoms with Gasteiger partial charge < -0.3 is 4.90 Å². The van der Waals surface area contributed by atoms with Crippen molar-refractivity contribution in [2.75, 3.05) is 45.5 Å². The van der Waals surface area contributed by atoms with E-state index in [0.717, 1.165) is 31.6 Å². The van der Waals surface area contributed by atoms with E-state index in [9.17, 15) is 13.2 Å². The first-order valence-corrected chi connectivity index (χ1v) is 15.3. The Kier molecular flexibility index (Phi) is 8.74. The summed E-state index contributed by atoms with van der Waals surface area (Å²) in [6.45, 7) is 12.4. The van der Waals surface area contributed by atoms with Crippen LogP contribution in [0.2, 0.25) is 0 Å². The zero-order chi connectivity index (χ0) is 26.7. The van der Waals surface area contributed by atoms with Crippen molar-refractivity contribution < 1.29 is 13.2 Å². The van der Waals surface area contributed by atoms with Crippen LogP contribution >= 0.6 is 0 Å². The van der Waals surface area contributed by atoms with E-state index in [0.29, 0.717) is 31.7 Å². The SMILES string of the molecule is CC(=O)N1CCN(C(C)Cc2ccc(C3CN(S(C)(=O)=O)CCN3C(C)C)cc2)C(c2ccccc2)C1. The highest BCUT2D eigenvalue weighted by Crippen LogP contribution is 2.31. The Hall–Kier alpha value is -2.26. The summed E-state index contributed by atoms with van der Waals surface area (Å²) in [5.41, 5.74) is 3.68. The summed E-state index contributed by atoms with van der Waals surface area (Å²) in [5, 5.41) is 0. The first-order valence-electron chi connectivity index (χ1n) is 13.4. The second-order valence-corrected chi connectivity index (χ2v) is 12.9. The van der Waals surface area contributed by atoms with Crippen LogP contribution in [-0.4, -0.2) is 90.9 Å². The van der Waals surface area contributed by atoms with Crippen LogP contribution < -0.4 is 0 Å². The zero-order valence-corrected chi connectivity index (χ0v) is 23.7. The summed E-state index contributed by atoms with van der Waals surface area (Å²) in [7, 11) is -3.21. The van der Waals surface area contributed by atoms with Crippen LogP contribution in [0.4, 0.5) is 0 Å². The second kappa shape index (κ2) is 11.6. The minimum atomic E-state index is -3.21. The van der Waals surface area contributed by atoms with Gasteiger partial charge in [0.25, 0.3) is 0 Å². The molecule has 3 atom stereocenters. The molecule has 8 heteroatoms. The van der Waals surface area contributed by atoms with E-state index in [4.69, 9.17) is 0 Å². The minimum absolute atomic E-state index is 0.0528. The molecule has 0 aliphatic carbocycles. The molecule has 37 heavy (non-hydrogen) atoms. The third-order valence-corrected chi connectivity index (χ3v) is 9.30. The van der Waals surface area contributed by atoms with Crippen LogP contribution in [0.1, 0.15) is 56.5 Å². The summed E-state index contributed by atoms with van der Waals surface area (Å²) in [6.07, 6.45) is 2.22. The number of benzene rings is 2. The Morgan fingerprint density at radius 2 is 1.43 bits per heavy atom. The van der Waals surface area contributed by atoms with Gasteiger partial charge in [-0.15, -0.1) is 0 Å². The van der Waals surface area contributed by atoms with E-state index >= 15 is 0 Å². The lowest BCUT2D eigenvalue weighted by molar-refractivity contribution is -0.132. The molecule has 0 radical (unpaired) electrons. The molecule has 2 heterocycles. The molecule has 2 aromatic carbocycles. The highest BCUT2D eigenvalue weighted by atomic mass is 32.2. The van der Waals surface area contributed by atoms with Gasteiger partial charge in [-0.2, -0.15) is 4.31 Å². The van der Waals surface area contributed by atoms with Gasteiger partial charge in [0.2, 0.25) is 15.9 Å². The molecule has 0 bridgehead atoms. The molecule has 0 spiro atoms. The lowest BCUT2D eigenvalue weighted by Gasteiger charge is -2.44. The number of nitrogens with zero attached hydrogens (tertiary/aromatic N) is 4. The van der Waals surface area contributed by atoms with Crippen LogP contribution in [0.5, 0.6) is 0 Å². The number of piperazine rings is 2. The molecule has 0 saturated carbocycles. The molecule has 2 fully saturated rings. The normalized spacial score (nSPS) is 23.4. The number of rotatable bonds is 7. The first-order chi connectivity index (χ1) is 17.5. The summed E-state index contributed by atoms with van der Waals surface area (Å²) in [6, 6.07) is 20.1. The molecule has 1 amide bonds. The number of carbonyl (C=O) groups excluding carboxylic acids is 1. The van der Waals surface area contributed by atoms with E-state index in [2.05, 4.69) is 79.1 Å². The third-order valence-electron chi connectivity index (χ3n) is 8.03. The van der Waals surface area contributed by atoms with Crippen molar-refractivity contribution in [2.45, 2.75) is 58.3 Å². The predicted octanol–water partition coefficient (Wildman–Crippen LogP) is 3.55. The lowest BCUT2D eigenvalue weighted by Crippen LogP contribution is -2.53. The van der Waals surface area contributed by atoms with E-state index < -0.39 is 10.0 Å². The summed E-state index contributed by atoms with van der Waals surface area (Å²) >= 11 is 0. The Bertz CT molecular complexity index is 1150. The molecule has 7 nitrogen and oxygen atoms in total. The van der Waals surface area contributed by atoms with Gasteiger partial charge in [-0.1, -0.05) is 54.6 Å². The van der Waals surface area contributed by atoms with E-state index in [1.165, 1.54) is 17.4 Å². The minimum Gasteiger partial charge on any atom is -0.340 e. The monoisotopic (exact) mass is 526 g/mol. The average molecular weight is 527 g/mol. The maximum atomic E-state index is 12.2. The van der Waals surface area contributed by atoms with Gasteiger partial charge in [0.1, 0.15) is 0 Å². The van der Waals surface area contributed by atoms with Crippen molar-refractivity contribution in [1.82, 2.24) is 19.0 Å². The number of hydrogen-bond acceptors (Lipinski definition) is 5. The molecule has 202 valence electrons. The maximum Gasteiger partial charge on any atom is 0.219 e. The van der Waals surface area contributed by atoms with Crippen LogP contribution in [0.25, 0.3) is 0 Å². The Balaban J connectivity index is 1.49. The van der Waals surface area contributed by atoms with Crippen molar-refractivity contribution in [2.24, 2.45) is 0 Å². The Labute approximate surface area is 223 Å². The van der Waals surface area contributed by atoms with Gasteiger partial charge in [0, 0.05) is 64.3 Å². The fourth-order valence-corrected chi connectivity index (χ4v) is 6.73. The van der Waals surface area contributed by atoms with Gasteiger partial charge in [-0.3, -0.25) is 14.6 Å². The summed E-state index contributed by atoms with van der Waals surface area (Å²) in [5.74, 6) is 0.136. The largest absolute Gasteiger partial charge is 0.340 e. The van der Waals surface area contributed by atoms with Gasteiger partial charge in [-0.05, 0) is 43.9 Å². The number of amides is 1. The smallest absolute Gasteiger partial charge is 0.219 e. The first kappa shape index (κ1) is 27.8. The topological polar surface area (TPSA) is 64.2 Å². The molecular formula is C29H42N4O3S. The maximum absolute atomic E-state index is 12.2. The van der Waals surface area contributed by atoms with Crippen molar-refractivity contribution >= 4 is 15.9 Å². The lowest BCUT2D eigenvalue weighted by atomic mass is 9.96. The molecular weight excluding hydrogens is 484 g/mol. The van der Waals surface area contributed by atoms with E-state index in [1.807, 2.05) is 11.0 Å². The van der Waals surface area contributed by atoms with Crippen LogP contribution in [0.3, 0.4) is 0 Å². The Morgan fingerprint density at radius 3 is 2.03 bits per heavy atom. The molecule has 2 aliphatic heterocycles. The average Bonchev–Trinajstić information content (AvgIpc) is 2.88. The fraction of sp³-hybridized carbons (Fsp3) is 0.552. The molecule has 3 unspecified atom stereocenters. The predicted molar refractivity (Wildman–Crippen MR) is 149 cm³/mol. The van der Waals surface area contributed by atoms with Gasteiger partial charge in [0.15, 0.2) is 0 Å². The van der Waals surface area contributed by atoms with Gasteiger partial charge in [-0.25, -0.2) is 8.42 Å². The van der Waals surface area contributed by atoms with Crippen LogP contribution in [-0.2, 0) is 21.2 Å². The van der Waals surface area contributed by atoms with Gasteiger partial charge in [0.05, 0.1) is 12.3 Å². The highest BCUT2D eigenvalue weighted by Gasteiger charge is 2.34. The fourth-order valence-electron chi connectivity index (χ4n) is 5.90. The molecule has 4 rings (SSSR count). The Morgan fingerprint density at radius 1 is 0.838 bits per heavy atom. The van der Waals surface area contributed by atoms with Crippen molar-refractivity contribution in [3.63, 3.8) is 0 Å². The second-order valence-electron chi connectivity index (χ2n) is 10.9. The summed E-state index contributed by atoms with van der Waals surface area (Å²) < 4.78 is 26.1. The van der Waals surface area contributed by atoms with Crippen LogP contribution in [0.15, 0.2) is 54.6 Å². The van der Waals surface area contributed by atoms with Crippen molar-refractivity contribution in [3.05, 3.63) is 71.3 Å². The van der Waals surface area contributed by atoms with Crippen LogP contribution in [0, 0.1) is 0 Å². The van der Waals surface area contributed by atoms with Crippen molar-refractivity contribution in [3.8, 4) is 0 Å². The van der Waals surface area contributed by atoms with E-state index in [-0.39, 0.29) is 18.0 Å². The molecule has 2 aromatic rings. The number of carbonyl (C=O) groups is 1. The molecule has 0 N–H and O–H groups in total. The third kappa shape index (κ3) is 6.60. The summed E-state index contributed by atoms with van der Waals surface area (Å²) in [4.78, 5) is 19.0. The van der Waals surface area contributed by atoms with Gasteiger partial charge >= 0.3 is 0 Å². The molecule has 2 aliphatic rings. The highest BCUT2D eigenvalue weighted by molar-refractivity contribution is 7.88. The zero-order valence-electron chi connectivity index (χ0n) is 22.9. The van der Waals surface area contributed by atoms with E-state index in [1.54, 1.807) is 11.2 Å². The number of sulfonamides is 1. The molecule has 2 saturated heterocycles. The molecule has 0 aromatic heterocycles.